The predicted molar refractivity (Wildman–Crippen MR) is 122 cm³/mol. The number of hydrogen-bond donors (Lipinski definition) is 1. The molecule has 2 heterocycles. The van der Waals surface area contributed by atoms with Gasteiger partial charge >= 0.3 is 6.01 Å². The van der Waals surface area contributed by atoms with Gasteiger partial charge in [-0.2, -0.15) is 0 Å². The second-order valence-electron chi connectivity index (χ2n) is 8.11. The number of methoxy groups -OCH3 is 1. The summed E-state index contributed by atoms with van der Waals surface area (Å²) in [6, 6.07) is 14.8. The van der Waals surface area contributed by atoms with Gasteiger partial charge in [0.2, 0.25) is 11.8 Å². The Morgan fingerprint density at radius 3 is 2.48 bits per heavy atom. The van der Waals surface area contributed by atoms with Crippen LogP contribution in [-0.2, 0) is 9.59 Å². The highest BCUT2D eigenvalue weighted by molar-refractivity contribution is 5.96. The van der Waals surface area contributed by atoms with Crippen LogP contribution in [0.4, 0.5) is 11.7 Å². The number of ether oxygens (including phenoxy) is 2. The fraction of sp³-hybridized carbons (Fsp3) is 0.333. The molecular weight excluding hydrogens is 424 g/mol. The molecule has 2 aromatic carbocycles. The van der Waals surface area contributed by atoms with Crippen molar-refractivity contribution in [3.05, 3.63) is 60.0 Å². The molecule has 0 saturated carbocycles. The number of aromatic nitrogens is 2. The molecule has 9 nitrogen and oxygen atoms in total. The highest BCUT2D eigenvalue weighted by Crippen LogP contribution is 2.32. The third kappa shape index (κ3) is 5.31. The van der Waals surface area contributed by atoms with E-state index in [9.17, 15) is 9.59 Å². The Morgan fingerprint density at radius 1 is 1.12 bits per heavy atom. The summed E-state index contributed by atoms with van der Waals surface area (Å²) in [6.45, 7) is 4.45. The first-order valence-corrected chi connectivity index (χ1v) is 10.7. The van der Waals surface area contributed by atoms with Crippen molar-refractivity contribution in [3.63, 3.8) is 0 Å². The topological polar surface area (TPSA) is 107 Å². The Hall–Kier alpha value is -3.88. The minimum Gasteiger partial charge on any atom is -0.497 e. The highest BCUT2D eigenvalue weighted by atomic mass is 16.5. The van der Waals surface area contributed by atoms with Crippen molar-refractivity contribution in [1.82, 2.24) is 10.2 Å². The van der Waals surface area contributed by atoms with Gasteiger partial charge < -0.3 is 18.8 Å². The lowest BCUT2D eigenvalue weighted by molar-refractivity contribution is -0.118. The number of benzene rings is 2. The lowest BCUT2D eigenvalue weighted by atomic mass is 10.0. The fourth-order valence-corrected chi connectivity index (χ4v) is 3.59. The van der Waals surface area contributed by atoms with Crippen molar-refractivity contribution < 1.29 is 23.5 Å². The van der Waals surface area contributed by atoms with Crippen LogP contribution in [0.15, 0.2) is 52.9 Å². The van der Waals surface area contributed by atoms with E-state index in [0.717, 1.165) is 11.4 Å². The van der Waals surface area contributed by atoms with Crippen molar-refractivity contribution in [1.29, 1.82) is 0 Å². The number of anilines is 2. The maximum absolute atomic E-state index is 12.5. The van der Waals surface area contributed by atoms with E-state index in [0.29, 0.717) is 24.1 Å². The molecule has 4 rings (SSSR count). The van der Waals surface area contributed by atoms with Gasteiger partial charge in [0.15, 0.2) is 6.61 Å². The molecule has 1 aliphatic rings. The van der Waals surface area contributed by atoms with Gasteiger partial charge in [-0.25, -0.2) is 0 Å². The SMILES string of the molecule is COc1ccc(N2C[C@@H](c3nnc(NC(=O)COc4ccc(C(C)C)cc4)o3)CC2=O)cc1. The molecular formula is C24H26N4O5. The third-order valence-corrected chi connectivity index (χ3v) is 5.46. The molecule has 1 aromatic heterocycles. The van der Waals surface area contributed by atoms with Crippen LogP contribution in [0.25, 0.3) is 0 Å². The summed E-state index contributed by atoms with van der Waals surface area (Å²) in [6.07, 6.45) is 0.247. The van der Waals surface area contributed by atoms with Gasteiger partial charge in [0, 0.05) is 18.7 Å². The smallest absolute Gasteiger partial charge is 0.322 e. The van der Waals surface area contributed by atoms with Crippen molar-refractivity contribution in [2.45, 2.75) is 32.1 Å². The molecule has 0 aliphatic carbocycles. The Balaban J connectivity index is 1.31. The van der Waals surface area contributed by atoms with E-state index in [1.165, 1.54) is 5.56 Å². The molecule has 1 saturated heterocycles. The average Bonchev–Trinajstić information content (AvgIpc) is 3.44. The Bertz CT molecular complexity index is 1110. The number of rotatable bonds is 8. The number of nitrogens with zero attached hydrogens (tertiary/aromatic N) is 3. The van der Waals surface area contributed by atoms with Crippen LogP contribution in [0.3, 0.4) is 0 Å². The molecule has 1 atom stereocenters. The molecule has 2 amide bonds. The molecule has 172 valence electrons. The predicted octanol–water partition coefficient (Wildman–Crippen LogP) is 3.74. The molecule has 1 aliphatic heterocycles. The summed E-state index contributed by atoms with van der Waals surface area (Å²) in [4.78, 5) is 26.4. The number of carbonyl (C=O) groups is 2. The molecule has 33 heavy (non-hydrogen) atoms. The van der Waals surface area contributed by atoms with E-state index in [4.69, 9.17) is 13.9 Å². The molecule has 0 unspecified atom stereocenters. The second kappa shape index (κ2) is 9.72. The summed E-state index contributed by atoms with van der Waals surface area (Å²) in [5.41, 5.74) is 1.97. The number of amides is 2. The summed E-state index contributed by atoms with van der Waals surface area (Å²) >= 11 is 0. The van der Waals surface area contributed by atoms with Gasteiger partial charge in [-0.1, -0.05) is 31.1 Å². The zero-order chi connectivity index (χ0) is 23.4. The lowest BCUT2D eigenvalue weighted by Gasteiger charge is -2.16. The maximum atomic E-state index is 12.5. The standard InChI is InChI=1S/C24H26N4O5/c1-15(2)16-4-8-20(9-5-16)32-14-21(29)25-24-27-26-23(33-24)17-12-22(30)28(13-17)18-6-10-19(31-3)11-7-18/h4-11,15,17H,12-14H2,1-3H3,(H,25,27,29)/t17-/m0/s1. The average molecular weight is 450 g/mol. The molecule has 1 fully saturated rings. The summed E-state index contributed by atoms with van der Waals surface area (Å²) in [7, 11) is 1.59. The van der Waals surface area contributed by atoms with E-state index < -0.39 is 5.91 Å². The van der Waals surface area contributed by atoms with Crippen LogP contribution in [-0.4, -0.2) is 42.3 Å². The quantitative estimate of drug-likeness (QED) is 0.557. The van der Waals surface area contributed by atoms with Crippen LogP contribution in [0.2, 0.25) is 0 Å². The lowest BCUT2D eigenvalue weighted by Crippen LogP contribution is -2.24. The molecule has 3 aromatic rings. The minimum atomic E-state index is -0.416. The van der Waals surface area contributed by atoms with E-state index in [-0.39, 0.29) is 30.9 Å². The van der Waals surface area contributed by atoms with Gasteiger partial charge in [0.05, 0.1) is 13.0 Å². The monoisotopic (exact) mass is 450 g/mol. The van der Waals surface area contributed by atoms with Gasteiger partial charge in [-0.15, -0.1) is 5.10 Å². The molecule has 9 heteroatoms. The van der Waals surface area contributed by atoms with Gasteiger partial charge in [0.1, 0.15) is 11.5 Å². The van der Waals surface area contributed by atoms with E-state index in [1.54, 1.807) is 24.1 Å². The first-order valence-electron chi connectivity index (χ1n) is 10.7. The van der Waals surface area contributed by atoms with Crippen molar-refractivity contribution in [3.8, 4) is 11.5 Å². The van der Waals surface area contributed by atoms with Crippen molar-refractivity contribution in [2.75, 3.05) is 30.5 Å². The van der Waals surface area contributed by atoms with Crippen molar-refractivity contribution >= 4 is 23.5 Å². The van der Waals surface area contributed by atoms with Gasteiger partial charge in [-0.05, 0) is 47.9 Å². The van der Waals surface area contributed by atoms with Gasteiger partial charge in [0.25, 0.3) is 5.91 Å². The van der Waals surface area contributed by atoms with Crippen LogP contribution >= 0.6 is 0 Å². The zero-order valence-electron chi connectivity index (χ0n) is 18.8. The highest BCUT2D eigenvalue weighted by Gasteiger charge is 2.35. The van der Waals surface area contributed by atoms with Crippen LogP contribution in [0.1, 0.15) is 43.6 Å². The Kier molecular flexibility index (Phi) is 6.58. The Labute approximate surface area is 191 Å². The second-order valence-corrected chi connectivity index (χ2v) is 8.11. The summed E-state index contributed by atoms with van der Waals surface area (Å²) in [5.74, 6) is 1.34. The summed E-state index contributed by atoms with van der Waals surface area (Å²) in [5, 5.41) is 10.4. The zero-order valence-corrected chi connectivity index (χ0v) is 18.8. The third-order valence-electron chi connectivity index (χ3n) is 5.46. The molecule has 0 bridgehead atoms. The molecule has 1 N–H and O–H groups in total. The molecule has 0 radical (unpaired) electrons. The van der Waals surface area contributed by atoms with Crippen LogP contribution in [0, 0.1) is 0 Å². The Morgan fingerprint density at radius 2 is 1.82 bits per heavy atom. The van der Waals surface area contributed by atoms with Crippen LogP contribution < -0.4 is 19.7 Å². The normalized spacial score (nSPS) is 15.7. The number of carbonyl (C=O) groups excluding carboxylic acids is 2. The number of nitrogens with one attached hydrogen (secondary N) is 1. The van der Waals surface area contributed by atoms with Gasteiger partial charge in [-0.3, -0.25) is 14.9 Å². The van der Waals surface area contributed by atoms with E-state index in [2.05, 4.69) is 29.4 Å². The minimum absolute atomic E-state index is 0.0240. The molecule has 0 spiro atoms. The maximum Gasteiger partial charge on any atom is 0.322 e. The first-order chi connectivity index (χ1) is 15.9. The summed E-state index contributed by atoms with van der Waals surface area (Å²) < 4.78 is 16.3. The largest absolute Gasteiger partial charge is 0.497 e. The van der Waals surface area contributed by atoms with Crippen LogP contribution in [0.5, 0.6) is 11.5 Å². The van der Waals surface area contributed by atoms with E-state index in [1.807, 2.05) is 36.4 Å². The first kappa shape index (κ1) is 22.3. The number of hydrogen-bond acceptors (Lipinski definition) is 7. The van der Waals surface area contributed by atoms with E-state index >= 15 is 0 Å². The van der Waals surface area contributed by atoms with Crippen molar-refractivity contribution in [2.24, 2.45) is 0 Å². The fourth-order valence-electron chi connectivity index (χ4n) is 3.59.